The van der Waals surface area contributed by atoms with Gasteiger partial charge in [0, 0.05) is 55.0 Å². The predicted octanol–water partition coefficient (Wildman–Crippen LogP) is 14.8. The monoisotopic (exact) mass is 776 g/mol. The molecule has 0 fully saturated rings. The van der Waals surface area contributed by atoms with Crippen molar-refractivity contribution in [3.8, 4) is 62.0 Å². The number of nitrogens with zero attached hydrogens (tertiary/aromatic N) is 4. The maximum Gasteiger partial charge on any atom is 0.160 e. The van der Waals surface area contributed by atoms with E-state index in [1.807, 2.05) is 36.4 Å². The van der Waals surface area contributed by atoms with Crippen LogP contribution in [0.3, 0.4) is 0 Å². The average Bonchev–Trinajstić information content (AvgIpc) is 3.66. The molecule has 0 bridgehead atoms. The van der Waals surface area contributed by atoms with Gasteiger partial charge in [-0.2, -0.15) is 0 Å². The van der Waals surface area contributed by atoms with Gasteiger partial charge < -0.3 is 4.57 Å². The number of hydrogen-bond acceptors (Lipinski definition) is 3. The van der Waals surface area contributed by atoms with Crippen LogP contribution in [0.2, 0.25) is 0 Å². The smallest absolute Gasteiger partial charge is 0.160 e. The summed E-state index contributed by atoms with van der Waals surface area (Å²) in [5, 5.41) is 8.24. The molecule has 0 N–H and O–H groups in total. The molecule has 0 unspecified atom stereocenters. The molecule has 9 aromatic carbocycles. The number of rotatable bonds is 6. The van der Waals surface area contributed by atoms with Gasteiger partial charge in [0.15, 0.2) is 5.82 Å². The van der Waals surface area contributed by atoms with Crippen LogP contribution < -0.4 is 0 Å². The normalized spacial score (nSPS) is 11.6. The van der Waals surface area contributed by atoms with E-state index in [0.717, 1.165) is 72.4 Å². The highest BCUT2D eigenvalue weighted by Crippen LogP contribution is 2.42. The Morgan fingerprint density at radius 1 is 0.311 bits per heavy atom. The summed E-state index contributed by atoms with van der Waals surface area (Å²) in [6.45, 7) is 0. The van der Waals surface area contributed by atoms with E-state index in [4.69, 9.17) is 15.0 Å². The minimum Gasteiger partial charge on any atom is -0.309 e. The fourth-order valence-electron chi connectivity index (χ4n) is 9.02. The van der Waals surface area contributed by atoms with E-state index in [-0.39, 0.29) is 0 Å². The van der Waals surface area contributed by atoms with Crippen molar-refractivity contribution in [3.63, 3.8) is 0 Å². The molecule has 12 rings (SSSR count). The summed E-state index contributed by atoms with van der Waals surface area (Å²) >= 11 is 0. The van der Waals surface area contributed by atoms with E-state index < -0.39 is 0 Å². The molecule has 0 radical (unpaired) electrons. The van der Waals surface area contributed by atoms with Crippen LogP contribution in [0.1, 0.15) is 0 Å². The summed E-state index contributed by atoms with van der Waals surface area (Å²) in [6, 6.07) is 77.4. The lowest BCUT2D eigenvalue weighted by Gasteiger charge is -2.15. The summed E-state index contributed by atoms with van der Waals surface area (Å²) < 4.78 is 2.40. The lowest BCUT2D eigenvalue weighted by molar-refractivity contribution is 1.18. The van der Waals surface area contributed by atoms with Gasteiger partial charge in [-0.25, -0.2) is 15.0 Å². The fraction of sp³-hybridized carbons (Fsp3) is 0. The lowest BCUT2D eigenvalue weighted by atomic mass is 9.93. The van der Waals surface area contributed by atoms with Gasteiger partial charge in [0.25, 0.3) is 0 Å². The molecule has 0 aliphatic heterocycles. The molecule has 3 aromatic heterocycles. The van der Waals surface area contributed by atoms with Crippen molar-refractivity contribution < 1.29 is 0 Å². The Morgan fingerprint density at radius 2 is 0.918 bits per heavy atom. The topological polar surface area (TPSA) is 43.6 Å². The van der Waals surface area contributed by atoms with Crippen LogP contribution in [0.4, 0.5) is 0 Å². The molecule has 4 heteroatoms. The van der Waals surface area contributed by atoms with Crippen molar-refractivity contribution in [2.24, 2.45) is 0 Å². The Bertz CT molecular complexity index is 3560. The molecule has 3 heterocycles. The number of hydrogen-bond donors (Lipinski definition) is 0. The highest BCUT2D eigenvalue weighted by molar-refractivity contribution is 6.21. The van der Waals surface area contributed by atoms with Gasteiger partial charge in [0.1, 0.15) is 0 Å². The number of benzene rings is 9. The largest absolute Gasteiger partial charge is 0.309 e. The van der Waals surface area contributed by atoms with Crippen LogP contribution in [-0.2, 0) is 0 Å². The molecule has 0 aliphatic carbocycles. The average molecular weight is 777 g/mol. The molecule has 284 valence electrons. The Morgan fingerprint density at radius 3 is 1.69 bits per heavy atom. The third-order valence-electron chi connectivity index (χ3n) is 12.0. The van der Waals surface area contributed by atoms with Crippen LogP contribution in [0.5, 0.6) is 0 Å². The van der Waals surface area contributed by atoms with Gasteiger partial charge in [-0.1, -0.05) is 176 Å². The molecular weight excluding hydrogens is 741 g/mol. The number of para-hydroxylation sites is 3. The third-order valence-corrected chi connectivity index (χ3v) is 12.0. The molecule has 0 aliphatic rings. The second-order valence-corrected chi connectivity index (χ2v) is 15.6. The number of aromatic nitrogens is 4. The molecule has 0 spiro atoms. The summed E-state index contributed by atoms with van der Waals surface area (Å²) in [7, 11) is 0. The Balaban J connectivity index is 1.07. The minimum atomic E-state index is 0.702. The number of pyridine rings is 1. The van der Waals surface area contributed by atoms with Crippen molar-refractivity contribution in [2.75, 3.05) is 0 Å². The zero-order valence-electron chi connectivity index (χ0n) is 33.1. The van der Waals surface area contributed by atoms with E-state index in [2.05, 4.69) is 187 Å². The highest BCUT2D eigenvalue weighted by Gasteiger charge is 2.20. The highest BCUT2D eigenvalue weighted by atomic mass is 15.0. The molecule has 0 atom stereocenters. The fourth-order valence-corrected chi connectivity index (χ4v) is 9.02. The summed E-state index contributed by atoms with van der Waals surface area (Å²) in [5.41, 5.74) is 13.5. The first-order valence-corrected chi connectivity index (χ1v) is 20.7. The van der Waals surface area contributed by atoms with Crippen LogP contribution >= 0.6 is 0 Å². The van der Waals surface area contributed by atoms with Crippen molar-refractivity contribution in [2.45, 2.75) is 0 Å². The van der Waals surface area contributed by atoms with Crippen LogP contribution in [0, 0.1) is 0 Å². The first-order chi connectivity index (χ1) is 30.2. The van der Waals surface area contributed by atoms with Crippen molar-refractivity contribution in [3.05, 3.63) is 218 Å². The van der Waals surface area contributed by atoms with Gasteiger partial charge in [-0.15, -0.1) is 0 Å². The maximum atomic E-state index is 5.65. The van der Waals surface area contributed by atoms with Crippen LogP contribution in [-0.4, -0.2) is 19.5 Å². The predicted molar refractivity (Wildman–Crippen MR) is 254 cm³/mol. The zero-order valence-corrected chi connectivity index (χ0v) is 33.1. The zero-order chi connectivity index (χ0) is 40.3. The maximum absolute atomic E-state index is 5.65. The van der Waals surface area contributed by atoms with Crippen molar-refractivity contribution in [1.82, 2.24) is 19.5 Å². The second kappa shape index (κ2) is 14.3. The van der Waals surface area contributed by atoms with Crippen LogP contribution in [0.15, 0.2) is 218 Å². The first kappa shape index (κ1) is 34.8. The molecule has 0 saturated heterocycles. The minimum absolute atomic E-state index is 0.702. The van der Waals surface area contributed by atoms with Gasteiger partial charge in [-0.05, 0) is 64.2 Å². The van der Waals surface area contributed by atoms with Gasteiger partial charge in [0.05, 0.1) is 33.6 Å². The van der Waals surface area contributed by atoms with Gasteiger partial charge in [0.2, 0.25) is 0 Å². The van der Waals surface area contributed by atoms with E-state index in [1.54, 1.807) is 0 Å². The van der Waals surface area contributed by atoms with E-state index in [9.17, 15) is 0 Å². The summed E-state index contributed by atoms with van der Waals surface area (Å²) in [4.78, 5) is 15.8. The first-order valence-electron chi connectivity index (χ1n) is 20.7. The third kappa shape index (κ3) is 5.96. The van der Waals surface area contributed by atoms with Crippen molar-refractivity contribution in [1.29, 1.82) is 0 Å². The molecular formula is C57H36N4. The Kier molecular flexibility index (Phi) is 8.13. The van der Waals surface area contributed by atoms with Gasteiger partial charge >= 0.3 is 0 Å². The SMILES string of the molecule is c1ccc(-c2cc(-c3ccc(-c4cccc5c4nc(-c4ccc6ccccc6c4)c4cc6c7ccccc7n(-c7ccccc7)c6cc45)cc3)nc(-c3ccccc3)n2)cc1. The molecule has 0 saturated carbocycles. The molecule has 61 heavy (non-hydrogen) atoms. The van der Waals surface area contributed by atoms with Crippen molar-refractivity contribution >= 4 is 54.3 Å². The van der Waals surface area contributed by atoms with E-state index in [0.29, 0.717) is 5.82 Å². The van der Waals surface area contributed by atoms with E-state index in [1.165, 1.54) is 38.0 Å². The summed E-state index contributed by atoms with van der Waals surface area (Å²) in [5.74, 6) is 0.702. The molecule has 4 nitrogen and oxygen atoms in total. The molecule has 0 amide bonds. The second-order valence-electron chi connectivity index (χ2n) is 15.6. The standard InChI is InChI=1S/C57H36N4/c1-4-16-39(17-5-1)51-36-52(59-57(58-51)41-18-6-2-7-19-41)40-30-28-38(29-31-40)45-24-14-25-47-48-35-54-49(46-23-12-13-26-53(46)61(54)44-21-8-3-9-22-44)34-50(48)55(60-56(45)47)43-32-27-37-15-10-11-20-42(37)33-43/h1-36H. The Labute approximate surface area is 352 Å². The lowest BCUT2D eigenvalue weighted by Crippen LogP contribution is -1.96. The quantitative estimate of drug-likeness (QED) is 0.158. The van der Waals surface area contributed by atoms with Crippen LogP contribution in [0.25, 0.3) is 116 Å². The number of fused-ring (bicyclic) bond motifs is 7. The van der Waals surface area contributed by atoms with Gasteiger partial charge in [-0.3, -0.25) is 0 Å². The Hall–Kier alpha value is -8.21. The summed E-state index contributed by atoms with van der Waals surface area (Å²) in [6.07, 6.45) is 0. The van der Waals surface area contributed by atoms with E-state index >= 15 is 0 Å². The molecule has 12 aromatic rings.